The van der Waals surface area contributed by atoms with E-state index in [1.165, 1.54) is 4.90 Å². The van der Waals surface area contributed by atoms with Crippen LogP contribution in [0.3, 0.4) is 0 Å². The first-order valence-corrected chi connectivity index (χ1v) is 9.35. The number of hydrogen-bond acceptors (Lipinski definition) is 3. The van der Waals surface area contributed by atoms with Crippen molar-refractivity contribution in [3.63, 3.8) is 0 Å². The number of rotatable bonds is 2. The van der Waals surface area contributed by atoms with Gasteiger partial charge in [0.15, 0.2) is 0 Å². The van der Waals surface area contributed by atoms with Crippen molar-refractivity contribution >= 4 is 23.4 Å². The summed E-state index contributed by atoms with van der Waals surface area (Å²) in [5.74, 6) is -0.500. The summed E-state index contributed by atoms with van der Waals surface area (Å²) in [4.78, 5) is 41.6. The number of benzene rings is 1. The minimum atomic E-state index is -0.168. The van der Waals surface area contributed by atoms with Crippen molar-refractivity contribution in [2.24, 2.45) is 11.8 Å². The zero-order valence-corrected chi connectivity index (χ0v) is 14.7. The zero-order valence-electron chi connectivity index (χ0n) is 14.7. The number of hydrogen-bond donors (Lipinski definition) is 0. The molecule has 2 aliphatic heterocycles. The molecule has 3 fully saturated rings. The molecule has 3 aliphatic rings. The van der Waals surface area contributed by atoms with Crippen LogP contribution < -0.4 is 4.90 Å². The number of carbonyl (C=O) groups is 3. The van der Waals surface area contributed by atoms with Gasteiger partial charge >= 0.3 is 0 Å². The Morgan fingerprint density at radius 3 is 2.16 bits per heavy atom. The standard InChI is InChI=1S/C20H24N2O3/c1-13-8-9-14(18(23)21-10-4-5-11-21)12-17(13)22-19(24)15-6-2-3-7-16(15)20(22)25/h8-9,12,15-16H,2-7,10-11H2,1H3/t15-,16-/m1/s1. The van der Waals surface area contributed by atoms with Gasteiger partial charge in [0, 0.05) is 18.7 Å². The SMILES string of the molecule is Cc1ccc(C(=O)N2CCCC2)cc1N1C(=O)[C@@H]2CCCC[C@H]2C1=O. The van der Waals surface area contributed by atoms with Crippen molar-refractivity contribution in [1.82, 2.24) is 4.90 Å². The highest BCUT2D eigenvalue weighted by Crippen LogP contribution is 2.41. The van der Waals surface area contributed by atoms with Crippen molar-refractivity contribution in [3.05, 3.63) is 29.3 Å². The summed E-state index contributed by atoms with van der Waals surface area (Å²) in [6, 6.07) is 5.39. The Kier molecular flexibility index (Phi) is 4.10. The summed E-state index contributed by atoms with van der Waals surface area (Å²) >= 11 is 0. The van der Waals surface area contributed by atoms with Crippen molar-refractivity contribution in [1.29, 1.82) is 0 Å². The van der Waals surface area contributed by atoms with Gasteiger partial charge in [0.2, 0.25) is 11.8 Å². The molecule has 0 N–H and O–H groups in total. The van der Waals surface area contributed by atoms with Gasteiger partial charge in [-0.2, -0.15) is 0 Å². The Hall–Kier alpha value is -2.17. The Labute approximate surface area is 148 Å². The van der Waals surface area contributed by atoms with Gasteiger partial charge in [0.1, 0.15) is 0 Å². The predicted molar refractivity (Wildman–Crippen MR) is 94.3 cm³/mol. The summed E-state index contributed by atoms with van der Waals surface area (Å²) in [5, 5.41) is 0. The maximum absolute atomic E-state index is 12.8. The first-order valence-electron chi connectivity index (χ1n) is 9.35. The molecule has 1 aliphatic carbocycles. The van der Waals surface area contributed by atoms with Crippen molar-refractivity contribution < 1.29 is 14.4 Å². The molecule has 0 bridgehead atoms. The summed E-state index contributed by atoms with van der Waals surface area (Å²) in [6.07, 6.45) is 5.71. The number of carbonyl (C=O) groups excluding carboxylic acids is 3. The first-order chi connectivity index (χ1) is 12.1. The molecule has 0 radical (unpaired) electrons. The van der Waals surface area contributed by atoms with Gasteiger partial charge in [0.05, 0.1) is 17.5 Å². The number of likely N-dealkylation sites (tertiary alicyclic amines) is 1. The van der Waals surface area contributed by atoms with Crippen LogP contribution in [0.1, 0.15) is 54.4 Å². The molecule has 2 atom stereocenters. The molecule has 25 heavy (non-hydrogen) atoms. The van der Waals surface area contributed by atoms with Gasteiger partial charge < -0.3 is 4.90 Å². The van der Waals surface area contributed by atoms with Gasteiger partial charge in [-0.15, -0.1) is 0 Å². The number of anilines is 1. The molecule has 132 valence electrons. The van der Waals surface area contributed by atoms with Crippen LogP contribution in [-0.4, -0.2) is 35.7 Å². The fraction of sp³-hybridized carbons (Fsp3) is 0.550. The highest BCUT2D eigenvalue weighted by molar-refractivity contribution is 6.22. The van der Waals surface area contributed by atoms with E-state index < -0.39 is 0 Å². The monoisotopic (exact) mass is 340 g/mol. The minimum absolute atomic E-state index is 0.00439. The van der Waals surface area contributed by atoms with Crippen LogP contribution in [0.5, 0.6) is 0 Å². The first kappa shape index (κ1) is 16.3. The third-order valence-corrected chi connectivity index (χ3v) is 5.93. The Morgan fingerprint density at radius 1 is 0.960 bits per heavy atom. The van der Waals surface area contributed by atoms with E-state index in [1.807, 2.05) is 17.9 Å². The Morgan fingerprint density at radius 2 is 1.56 bits per heavy atom. The van der Waals surface area contributed by atoms with E-state index in [1.54, 1.807) is 12.1 Å². The lowest BCUT2D eigenvalue weighted by atomic mass is 9.81. The van der Waals surface area contributed by atoms with E-state index in [-0.39, 0.29) is 29.6 Å². The second kappa shape index (κ2) is 6.28. The summed E-state index contributed by atoms with van der Waals surface area (Å²) in [7, 11) is 0. The molecule has 0 aromatic heterocycles. The molecule has 2 heterocycles. The molecule has 3 amide bonds. The molecule has 1 aromatic carbocycles. The van der Waals surface area contributed by atoms with Crippen LogP contribution in [0.15, 0.2) is 18.2 Å². The van der Waals surface area contributed by atoms with Crippen LogP contribution in [-0.2, 0) is 9.59 Å². The molecule has 1 saturated carbocycles. The number of aryl methyl sites for hydroxylation is 1. The Balaban J connectivity index is 1.67. The maximum atomic E-state index is 12.8. The lowest BCUT2D eigenvalue weighted by Crippen LogP contribution is -2.32. The minimum Gasteiger partial charge on any atom is -0.339 e. The Bertz CT molecular complexity index is 712. The fourth-order valence-corrected chi connectivity index (χ4v) is 4.49. The van der Waals surface area contributed by atoms with Gasteiger partial charge in [-0.1, -0.05) is 18.9 Å². The lowest BCUT2D eigenvalue weighted by molar-refractivity contribution is -0.122. The second-order valence-corrected chi connectivity index (χ2v) is 7.51. The van der Waals surface area contributed by atoms with Crippen LogP contribution in [0, 0.1) is 18.8 Å². The molecular weight excluding hydrogens is 316 g/mol. The number of imide groups is 1. The molecule has 0 spiro atoms. The number of nitrogens with zero attached hydrogens (tertiary/aromatic N) is 2. The summed E-state index contributed by atoms with van der Waals surface area (Å²) in [6.45, 7) is 3.46. The average Bonchev–Trinajstić information content (AvgIpc) is 3.24. The molecular formula is C20H24N2O3. The van der Waals surface area contributed by atoms with Crippen LogP contribution >= 0.6 is 0 Å². The lowest BCUT2D eigenvalue weighted by Gasteiger charge is -2.20. The van der Waals surface area contributed by atoms with E-state index >= 15 is 0 Å². The van der Waals surface area contributed by atoms with E-state index in [0.717, 1.165) is 57.2 Å². The van der Waals surface area contributed by atoms with Gasteiger partial charge in [-0.25, -0.2) is 4.90 Å². The van der Waals surface area contributed by atoms with Crippen molar-refractivity contribution in [3.8, 4) is 0 Å². The van der Waals surface area contributed by atoms with Crippen LogP contribution in [0.2, 0.25) is 0 Å². The average molecular weight is 340 g/mol. The number of fused-ring (bicyclic) bond motifs is 1. The van der Waals surface area contributed by atoms with E-state index in [2.05, 4.69) is 0 Å². The van der Waals surface area contributed by atoms with Crippen LogP contribution in [0.4, 0.5) is 5.69 Å². The highest BCUT2D eigenvalue weighted by Gasteiger charge is 2.49. The normalized spacial score (nSPS) is 26.3. The fourth-order valence-electron chi connectivity index (χ4n) is 4.49. The van der Waals surface area contributed by atoms with E-state index in [0.29, 0.717) is 11.3 Å². The molecule has 1 aromatic rings. The zero-order chi connectivity index (χ0) is 17.6. The van der Waals surface area contributed by atoms with Gasteiger partial charge in [-0.05, 0) is 50.3 Å². The quantitative estimate of drug-likeness (QED) is 0.778. The highest BCUT2D eigenvalue weighted by atomic mass is 16.2. The van der Waals surface area contributed by atoms with E-state index in [4.69, 9.17) is 0 Å². The predicted octanol–water partition coefficient (Wildman–Crippen LogP) is 2.91. The summed E-state index contributed by atoms with van der Waals surface area (Å²) in [5.41, 5.74) is 2.02. The second-order valence-electron chi connectivity index (χ2n) is 7.51. The largest absolute Gasteiger partial charge is 0.339 e. The maximum Gasteiger partial charge on any atom is 0.253 e. The number of amides is 3. The molecule has 2 saturated heterocycles. The molecule has 5 nitrogen and oxygen atoms in total. The molecule has 4 rings (SSSR count). The molecule has 5 heteroatoms. The van der Waals surface area contributed by atoms with Crippen LogP contribution in [0.25, 0.3) is 0 Å². The van der Waals surface area contributed by atoms with Gasteiger partial charge in [-0.3, -0.25) is 14.4 Å². The van der Waals surface area contributed by atoms with Gasteiger partial charge in [0.25, 0.3) is 5.91 Å². The van der Waals surface area contributed by atoms with E-state index in [9.17, 15) is 14.4 Å². The third kappa shape index (κ3) is 2.66. The summed E-state index contributed by atoms with van der Waals surface area (Å²) < 4.78 is 0. The van der Waals surface area contributed by atoms with Crippen molar-refractivity contribution in [2.75, 3.05) is 18.0 Å². The third-order valence-electron chi connectivity index (χ3n) is 5.93. The topological polar surface area (TPSA) is 57.7 Å². The van der Waals surface area contributed by atoms with Crippen molar-refractivity contribution in [2.45, 2.75) is 45.4 Å². The molecule has 0 unspecified atom stereocenters. The smallest absolute Gasteiger partial charge is 0.253 e.